The van der Waals surface area contributed by atoms with Gasteiger partial charge in [0, 0.05) is 14.1 Å². The number of carbonyl (C=O) groups excluding carboxylic acids is 1. The third kappa shape index (κ3) is 3.27. The summed E-state index contributed by atoms with van der Waals surface area (Å²) >= 11 is 0. The van der Waals surface area contributed by atoms with E-state index in [-0.39, 0.29) is 0 Å². The van der Waals surface area contributed by atoms with Crippen LogP contribution in [0.5, 0.6) is 0 Å². The molecule has 0 aliphatic carbocycles. The van der Waals surface area contributed by atoms with E-state index in [2.05, 4.69) is 0 Å². The van der Waals surface area contributed by atoms with Gasteiger partial charge in [-0.1, -0.05) is 5.43 Å². The van der Waals surface area contributed by atoms with E-state index in [0.717, 1.165) is 4.90 Å². The van der Waals surface area contributed by atoms with Crippen LogP contribution < -0.4 is 5.43 Å². The molecule has 0 bridgehead atoms. The molecule has 6 nitrogen and oxygen atoms in total. The van der Waals surface area contributed by atoms with E-state index in [9.17, 15) is 14.9 Å². The van der Waals surface area contributed by atoms with Crippen LogP contribution in [-0.4, -0.2) is 30.1 Å². The number of nitrogens with one attached hydrogen (secondary N) is 1. The first kappa shape index (κ1) is 7.67. The molecule has 1 N–H and O–H groups in total. The SMILES string of the molecule is CN(C)C(=O)N[N+](=O)[O-]. The van der Waals surface area contributed by atoms with Crippen LogP contribution in [-0.2, 0) is 0 Å². The van der Waals surface area contributed by atoms with Crippen molar-refractivity contribution in [1.29, 1.82) is 0 Å². The van der Waals surface area contributed by atoms with E-state index < -0.39 is 11.1 Å². The van der Waals surface area contributed by atoms with Crippen LogP contribution in [0.1, 0.15) is 0 Å². The molecule has 2 amide bonds. The maximum Gasteiger partial charge on any atom is 0.374 e. The highest BCUT2D eigenvalue weighted by Crippen LogP contribution is 1.74. The van der Waals surface area contributed by atoms with Crippen LogP contribution in [0.4, 0.5) is 4.79 Å². The Balaban J connectivity index is 3.64. The molecule has 0 saturated heterocycles. The van der Waals surface area contributed by atoms with Crippen molar-refractivity contribution >= 4 is 6.03 Å². The lowest BCUT2D eigenvalue weighted by Gasteiger charge is -2.04. The van der Waals surface area contributed by atoms with Crippen molar-refractivity contribution in [2.75, 3.05) is 14.1 Å². The predicted octanol–water partition coefficient (Wildman–Crippen LogP) is -0.551. The van der Waals surface area contributed by atoms with Gasteiger partial charge in [-0.05, 0) is 0 Å². The van der Waals surface area contributed by atoms with Crippen molar-refractivity contribution in [3.05, 3.63) is 10.1 Å². The highest BCUT2D eigenvalue weighted by Gasteiger charge is 2.07. The van der Waals surface area contributed by atoms with Crippen LogP contribution in [0.25, 0.3) is 0 Å². The third-order valence-corrected chi connectivity index (χ3v) is 0.593. The highest BCUT2D eigenvalue weighted by molar-refractivity contribution is 5.71. The van der Waals surface area contributed by atoms with E-state index in [1.807, 2.05) is 0 Å². The Labute approximate surface area is 51.6 Å². The third-order valence-electron chi connectivity index (χ3n) is 0.593. The number of amides is 2. The Morgan fingerprint density at radius 2 is 2.11 bits per heavy atom. The average Bonchev–Trinajstić information content (AvgIpc) is 1.63. The molecule has 9 heavy (non-hydrogen) atoms. The lowest BCUT2D eigenvalue weighted by atomic mass is 10.9. The second-order valence-corrected chi connectivity index (χ2v) is 1.57. The Bertz CT molecular complexity index is 132. The van der Waals surface area contributed by atoms with E-state index in [1.165, 1.54) is 19.5 Å². The second kappa shape index (κ2) is 2.85. The Morgan fingerprint density at radius 3 is 2.22 bits per heavy atom. The molecule has 0 fully saturated rings. The van der Waals surface area contributed by atoms with Gasteiger partial charge in [-0.25, -0.2) is 14.9 Å². The van der Waals surface area contributed by atoms with Gasteiger partial charge in [0.25, 0.3) is 0 Å². The Hall–Kier alpha value is -1.33. The number of rotatable bonds is 1. The van der Waals surface area contributed by atoms with Crippen molar-refractivity contribution in [3.8, 4) is 0 Å². The summed E-state index contributed by atoms with van der Waals surface area (Å²) in [6.07, 6.45) is 0. The number of carbonyl (C=O) groups is 1. The Morgan fingerprint density at radius 1 is 1.67 bits per heavy atom. The van der Waals surface area contributed by atoms with Crippen LogP contribution in [0.2, 0.25) is 0 Å². The van der Waals surface area contributed by atoms with Crippen molar-refractivity contribution in [1.82, 2.24) is 10.3 Å². The zero-order valence-corrected chi connectivity index (χ0v) is 5.12. The summed E-state index contributed by atoms with van der Waals surface area (Å²) in [6.45, 7) is 0. The largest absolute Gasteiger partial charge is 0.374 e. The number of nitrogens with zero attached hydrogens (tertiary/aromatic N) is 2. The summed E-state index contributed by atoms with van der Waals surface area (Å²) in [5, 5.41) is 8.66. The lowest BCUT2D eigenvalue weighted by Crippen LogP contribution is -2.37. The first-order chi connectivity index (χ1) is 4.04. The van der Waals surface area contributed by atoms with Crippen molar-refractivity contribution < 1.29 is 9.83 Å². The summed E-state index contributed by atoms with van der Waals surface area (Å²) < 4.78 is 0. The molecule has 0 aromatic carbocycles. The lowest BCUT2D eigenvalue weighted by molar-refractivity contribution is -0.528. The van der Waals surface area contributed by atoms with Gasteiger partial charge in [0.05, 0.1) is 0 Å². The molecule has 0 aromatic heterocycles. The number of nitro groups is 1. The fraction of sp³-hybridized carbons (Fsp3) is 0.667. The smallest absolute Gasteiger partial charge is 0.327 e. The van der Waals surface area contributed by atoms with Gasteiger partial charge in [0.1, 0.15) is 0 Å². The molecule has 0 rings (SSSR count). The zero-order valence-electron chi connectivity index (χ0n) is 5.12. The molecule has 0 radical (unpaired) electrons. The van der Waals surface area contributed by atoms with Crippen molar-refractivity contribution in [2.45, 2.75) is 0 Å². The standard InChI is InChI=1S/C3H7N3O3/c1-5(2)3(7)4-6(8)9/h1-2H3,(H,4,7). The predicted molar refractivity (Wildman–Crippen MR) is 29.2 cm³/mol. The molecule has 0 unspecified atom stereocenters. The monoisotopic (exact) mass is 133 g/mol. The van der Waals surface area contributed by atoms with E-state index in [4.69, 9.17) is 0 Å². The van der Waals surface area contributed by atoms with Gasteiger partial charge in [-0.2, -0.15) is 0 Å². The molecule has 0 aromatic rings. The molecule has 0 heterocycles. The topological polar surface area (TPSA) is 75.5 Å². The van der Waals surface area contributed by atoms with Gasteiger partial charge >= 0.3 is 6.03 Å². The summed E-state index contributed by atoms with van der Waals surface area (Å²) in [4.78, 5) is 21.0. The summed E-state index contributed by atoms with van der Waals surface area (Å²) in [7, 11) is 2.83. The first-order valence-electron chi connectivity index (χ1n) is 2.16. The molecular formula is C3H7N3O3. The molecule has 6 heteroatoms. The molecule has 0 atom stereocenters. The summed E-state index contributed by atoms with van der Waals surface area (Å²) in [6, 6.07) is -0.736. The molecular weight excluding hydrogens is 126 g/mol. The summed E-state index contributed by atoms with van der Waals surface area (Å²) in [5.41, 5.74) is 1.45. The number of hydrogen-bond acceptors (Lipinski definition) is 3. The average molecular weight is 133 g/mol. The van der Waals surface area contributed by atoms with Crippen LogP contribution in [0.3, 0.4) is 0 Å². The number of hydrogen-bond donors (Lipinski definition) is 1. The van der Waals surface area contributed by atoms with Gasteiger partial charge in [0.2, 0.25) is 0 Å². The van der Waals surface area contributed by atoms with E-state index in [0.29, 0.717) is 0 Å². The van der Waals surface area contributed by atoms with E-state index in [1.54, 1.807) is 0 Å². The maximum absolute atomic E-state index is 10.3. The second-order valence-electron chi connectivity index (χ2n) is 1.57. The molecule has 0 spiro atoms. The van der Waals surface area contributed by atoms with Crippen molar-refractivity contribution in [2.24, 2.45) is 0 Å². The molecule has 52 valence electrons. The van der Waals surface area contributed by atoms with Gasteiger partial charge in [-0.15, -0.1) is 0 Å². The maximum atomic E-state index is 10.3. The normalized spacial score (nSPS) is 8.22. The van der Waals surface area contributed by atoms with Crippen LogP contribution in [0, 0.1) is 10.1 Å². The highest BCUT2D eigenvalue weighted by atomic mass is 16.7. The molecule has 0 saturated carbocycles. The van der Waals surface area contributed by atoms with Crippen molar-refractivity contribution in [3.63, 3.8) is 0 Å². The fourth-order valence-electron chi connectivity index (χ4n) is 0.178. The number of hydrazine groups is 1. The van der Waals surface area contributed by atoms with Gasteiger partial charge in [-0.3, -0.25) is 0 Å². The zero-order chi connectivity index (χ0) is 7.44. The van der Waals surface area contributed by atoms with Crippen LogP contribution in [0.15, 0.2) is 0 Å². The first-order valence-corrected chi connectivity index (χ1v) is 2.16. The minimum absolute atomic E-state index is 0.736. The van der Waals surface area contributed by atoms with Gasteiger partial charge in [0.15, 0.2) is 5.03 Å². The minimum atomic E-state index is -0.900. The van der Waals surface area contributed by atoms with Gasteiger partial charge < -0.3 is 4.90 Å². The van der Waals surface area contributed by atoms with E-state index >= 15 is 0 Å². The quantitative estimate of drug-likeness (QED) is 0.385. The summed E-state index contributed by atoms with van der Waals surface area (Å²) in [5.74, 6) is 0. The fourth-order valence-corrected chi connectivity index (χ4v) is 0.178. The van der Waals surface area contributed by atoms with Crippen LogP contribution >= 0.6 is 0 Å². The minimum Gasteiger partial charge on any atom is -0.327 e. The molecule has 0 aliphatic rings. The molecule has 0 aliphatic heterocycles. The number of urea groups is 1. The Kier molecular flexibility index (Phi) is 2.43.